The molecule has 154 valence electrons. The van der Waals surface area contributed by atoms with E-state index in [-0.39, 0.29) is 18.0 Å². The summed E-state index contributed by atoms with van der Waals surface area (Å²) in [4.78, 5) is 19.7. The van der Waals surface area contributed by atoms with E-state index in [0.29, 0.717) is 17.8 Å². The molecule has 6 nitrogen and oxygen atoms in total. The van der Waals surface area contributed by atoms with Crippen LogP contribution in [0.3, 0.4) is 0 Å². The van der Waals surface area contributed by atoms with Gasteiger partial charge in [0.05, 0.1) is 23.5 Å². The molecule has 0 saturated heterocycles. The van der Waals surface area contributed by atoms with Gasteiger partial charge in [-0.25, -0.2) is 9.67 Å². The van der Waals surface area contributed by atoms with Gasteiger partial charge in [0.1, 0.15) is 0 Å². The molecule has 0 unspecified atom stereocenters. The molecule has 29 heavy (non-hydrogen) atoms. The highest BCUT2D eigenvalue weighted by molar-refractivity contribution is 5.98. The molecule has 1 atom stereocenters. The fraction of sp³-hybridized carbons (Fsp3) is 0.435. The van der Waals surface area contributed by atoms with Gasteiger partial charge in [0.2, 0.25) is 0 Å². The summed E-state index contributed by atoms with van der Waals surface area (Å²) < 4.78 is 1.88. The average Bonchev–Trinajstić information content (AvgIpc) is 3.10. The number of carbonyl (C=O) groups excluding carboxylic acids is 1. The number of likely N-dealkylation sites (N-methyl/N-ethyl adjacent to an activating group) is 1. The summed E-state index contributed by atoms with van der Waals surface area (Å²) in [5, 5.41) is 8.38. The average molecular weight is 394 g/mol. The lowest BCUT2D eigenvalue weighted by Crippen LogP contribution is -2.35. The quantitative estimate of drug-likeness (QED) is 0.661. The molecule has 2 aromatic heterocycles. The lowest BCUT2D eigenvalue weighted by Gasteiger charge is -2.25. The third-order valence-corrected chi connectivity index (χ3v) is 5.35. The second kappa shape index (κ2) is 8.74. The largest absolute Gasteiger partial charge is 0.350 e. The topological polar surface area (TPSA) is 63.1 Å². The summed E-state index contributed by atoms with van der Waals surface area (Å²) >= 11 is 0. The molecule has 0 radical (unpaired) electrons. The first-order chi connectivity index (χ1) is 13.8. The minimum atomic E-state index is -0.105. The molecular weight excluding hydrogens is 362 g/mol. The lowest BCUT2D eigenvalue weighted by atomic mass is 10.0. The fourth-order valence-corrected chi connectivity index (χ4v) is 3.53. The zero-order valence-electron chi connectivity index (χ0n) is 18.2. The monoisotopic (exact) mass is 393 g/mol. The van der Waals surface area contributed by atoms with Crippen molar-refractivity contribution in [1.82, 2.24) is 25.0 Å². The first-order valence-corrected chi connectivity index (χ1v) is 10.2. The number of hydrogen-bond donors (Lipinski definition) is 1. The Balaban J connectivity index is 1.78. The third kappa shape index (κ3) is 4.48. The Morgan fingerprint density at radius 2 is 1.90 bits per heavy atom. The third-order valence-electron chi connectivity index (χ3n) is 5.35. The lowest BCUT2D eigenvalue weighted by molar-refractivity contribution is 0.0941. The maximum absolute atomic E-state index is 12.9. The van der Waals surface area contributed by atoms with Crippen LogP contribution < -0.4 is 5.32 Å². The van der Waals surface area contributed by atoms with Crippen molar-refractivity contribution in [3.63, 3.8) is 0 Å². The predicted octanol–water partition coefficient (Wildman–Crippen LogP) is 3.92. The molecule has 3 aromatic rings. The number of aryl methyl sites for hydroxylation is 2. The molecular formula is C23H31N5O. The number of benzene rings is 1. The van der Waals surface area contributed by atoms with E-state index in [1.165, 1.54) is 11.1 Å². The van der Waals surface area contributed by atoms with E-state index < -0.39 is 0 Å². The Bertz CT molecular complexity index is 988. The van der Waals surface area contributed by atoms with Crippen LogP contribution in [0.1, 0.15) is 60.0 Å². The van der Waals surface area contributed by atoms with Crippen molar-refractivity contribution in [3.05, 3.63) is 58.9 Å². The van der Waals surface area contributed by atoms with E-state index in [4.69, 9.17) is 0 Å². The Kier molecular flexibility index (Phi) is 6.33. The van der Waals surface area contributed by atoms with Gasteiger partial charge in [-0.05, 0) is 58.5 Å². The zero-order valence-corrected chi connectivity index (χ0v) is 18.2. The molecule has 0 aliphatic carbocycles. The van der Waals surface area contributed by atoms with E-state index >= 15 is 0 Å². The molecule has 0 aliphatic rings. The number of nitrogens with zero attached hydrogens (tertiary/aromatic N) is 4. The van der Waals surface area contributed by atoms with E-state index in [1.54, 1.807) is 6.20 Å². The number of pyridine rings is 1. The Hall–Kier alpha value is -2.73. The van der Waals surface area contributed by atoms with Crippen LogP contribution in [0.4, 0.5) is 0 Å². The molecule has 0 bridgehead atoms. The van der Waals surface area contributed by atoms with Crippen molar-refractivity contribution >= 4 is 16.9 Å². The van der Waals surface area contributed by atoms with Crippen molar-refractivity contribution < 1.29 is 4.79 Å². The summed E-state index contributed by atoms with van der Waals surface area (Å²) in [6.07, 6.45) is 2.79. The normalized spacial score (nSPS) is 12.7. The smallest absolute Gasteiger partial charge is 0.253 e. The summed E-state index contributed by atoms with van der Waals surface area (Å²) in [6.45, 7) is 8.69. The molecule has 6 heteroatoms. The summed E-state index contributed by atoms with van der Waals surface area (Å²) in [5.74, 6) is -0.105. The summed E-state index contributed by atoms with van der Waals surface area (Å²) in [5.41, 5.74) is 4.63. The molecule has 0 spiro atoms. The highest BCUT2D eigenvalue weighted by atomic mass is 16.1. The van der Waals surface area contributed by atoms with Crippen LogP contribution in [-0.2, 0) is 6.42 Å². The Morgan fingerprint density at radius 3 is 2.48 bits per heavy atom. The van der Waals surface area contributed by atoms with Crippen LogP contribution in [-0.4, -0.2) is 46.2 Å². The molecule has 0 aliphatic heterocycles. The van der Waals surface area contributed by atoms with E-state index in [0.717, 1.165) is 17.5 Å². The first kappa shape index (κ1) is 21.0. The standard InChI is InChI=1S/C23H31N5O/c1-7-17-8-10-18(11-9-17)21(27(5)6)14-24-23(29)20-12-19-13-25-28(15(2)3)22(19)26-16(20)4/h8-13,15,21H,7,14H2,1-6H3,(H,24,29)/t21-/m0/s1. The van der Waals surface area contributed by atoms with Gasteiger partial charge < -0.3 is 10.2 Å². The maximum atomic E-state index is 12.9. The molecule has 0 fully saturated rings. The molecule has 1 N–H and O–H groups in total. The van der Waals surface area contributed by atoms with Gasteiger partial charge >= 0.3 is 0 Å². The van der Waals surface area contributed by atoms with Crippen LogP contribution in [0.2, 0.25) is 0 Å². The Morgan fingerprint density at radius 1 is 1.21 bits per heavy atom. The Labute approximate surface area is 172 Å². The molecule has 3 rings (SSSR count). The minimum Gasteiger partial charge on any atom is -0.350 e. The minimum absolute atomic E-state index is 0.102. The second-order valence-electron chi connectivity index (χ2n) is 8.00. The van der Waals surface area contributed by atoms with Crippen molar-refractivity contribution in [2.45, 2.75) is 46.2 Å². The summed E-state index contributed by atoms with van der Waals surface area (Å²) in [7, 11) is 4.06. The van der Waals surface area contributed by atoms with Crippen LogP contribution in [0.5, 0.6) is 0 Å². The number of carbonyl (C=O) groups is 1. The zero-order chi connectivity index (χ0) is 21.1. The highest BCUT2D eigenvalue weighted by Gasteiger charge is 2.19. The molecule has 1 amide bonds. The van der Waals surface area contributed by atoms with E-state index in [9.17, 15) is 4.79 Å². The van der Waals surface area contributed by atoms with E-state index in [1.807, 2.05) is 31.8 Å². The fourth-order valence-electron chi connectivity index (χ4n) is 3.53. The maximum Gasteiger partial charge on any atom is 0.253 e. The van der Waals surface area contributed by atoms with E-state index in [2.05, 4.69) is 65.3 Å². The van der Waals surface area contributed by atoms with Gasteiger partial charge in [0.25, 0.3) is 5.91 Å². The van der Waals surface area contributed by atoms with Gasteiger partial charge in [0, 0.05) is 18.0 Å². The number of hydrogen-bond acceptors (Lipinski definition) is 4. The van der Waals surface area contributed by atoms with Crippen molar-refractivity contribution in [1.29, 1.82) is 0 Å². The predicted molar refractivity (Wildman–Crippen MR) is 117 cm³/mol. The van der Waals surface area contributed by atoms with Gasteiger partial charge in [-0.15, -0.1) is 0 Å². The van der Waals surface area contributed by atoms with Gasteiger partial charge in [-0.2, -0.15) is 5.10 Å². The van der Waals surface area contributed by atoms with Gasteiger partial charge in [0.15, 0.2) is 5.65 Å². The van der Waals surface area contributed by atoms with Crippen LogP contribution in [0, 0.1) is 6.92 Å². The molecule has 1 aromatic carbocycles. The molecule has 0 saturated carbocycles. The van der Waals surface area contributed by atoms with Crippen LogP contribution in [0.15, 0.2) is 36.5 Å². The molecule has 2 heterocycles. The van der Waals surface area contributed by atoms with Crippen molar-refractivity contribution in [3.8, 4) is 0 Å². The SMILES string of the molecule is CCc1ccc([C@H](CNC(=O)c2cc3cnn(C(C)C)c3nc2C)N(C)C)cc1. The van der Waals surface area contributed by atoms with Crippen molar-refractivity contribution in [2.75, 3.05) is 20.6 Å². The first-order valence-electron chi connectivity index (χ1n) is 10.2. The highest BCUT2D eigenvalue weighted by Crippen LogP contribution is 2.21. The number of fused-ring (bicyclic) bond motifs is 1. The van der Waals surface area contributed by atoms with Gasteiger partial charge in [-0.1, -0.05) is 31.2 Å². The number of amides is 1. The van der Waals surface area contributed by atoms with Crippen LogP contribution >= 0.6 is 0 Å². The van der Waals surface area contributed by atoms with Crippen molar-refractivity contribution in [2.24, 2.45) is 0 Å². The second-order valence-corrected chi connectivity index (χ2v) is 8.00. The summed E-state index contributed by atoms with van der Waals surface area (Å²) in [6, 6.07) is 10.8. The number of nitrogens with one attached hydrogen (secondary N) is 1. The van der Waals surface area contributed by atoms with Gasteiger partial charge in [-0.3, -0.25) is 4.79 Å². The number of aromatic nitrogens is 3. The van der Waals surface area contributed by atoms with Crippen LogP contribution in [0.25, 0.3) is 11.0 Å². The number of rotatable bonds is 7.